The molecule has 0 spiro atoms. The Hall–Kier alpha value is -0.810. The van der Waals surface area contributed by atoms with Crippen LogP contribution in [0.4, 0.5) is 0 Å². The molecule has 0 aromatic carbocycles. The van der Waals surface area contributed by atoms with Gasteiger partial charge >= 0.3 is 0 Å². The first kappa shape index (κ1) is 20.2. The molecule has 2 amide bonds. The van der Waals surface area contributed by atoms with Crippen molar-refractivity contribution in [3.05, 3.63) is 0 Å². The molecule has 0 radical (unpaired) electrons. The quantitative estimate of drug-likeness (QED) is 0.773. The number of hydrogen-bond acceptors (Lipinski definition) is 3. The van der Waals surface area contributed by atoms with Crippen molar-refractivity contribution in [2.75, 3.05) is 32.7 Å². The zero-order valence-corrected chi connectivity index (χ0v) is 15.1. The molecule has 2 heterocycles. The molecule has 134 valence electrons. The number of rotatable bonds is 6. The zero-order valence-electron chi connectivity index (χ0n) is 14.3. The molecule has 0 saturated carbocycles. The molecule has 23 heavy (non-hydrogen) atoms. The van der Waals surface area contributed by atoms with Crippen molar-refractivity contribution >= 4 is 24.2 Å². The van der Waals surface area contributed by atoms with E-state index in [1.165, 1.54) is 12.8 Å². The van der Waals surface area contributed by atoms with Gasteiger partial charge in [0, 0.05) is 26.1 Å². The number of nitrogens with one attached hydrogen (secondary N) is 2. The molecule has 0 aromatic heterocycles. The molecule has 2 aliphatic rings. The highest BCUT2D eigenvalue weighted by Crippen LogP contribution is 2.21. The molecule has 0 bridgehead atoms. The molecule has 1 unspecified atom stereocenters. The molecule has 2 N–H and O–H groups in total. The highest BCUT2D eigenvalue weighted by atomic mass is 35.5. The van der Waals surface area contributed by atoms with E-state index in [-0.39, 0.29) is 30.1 Å². The summed E-state index contributed by atoms with van der Waals surface area (Å²) in [6.45, 7) is 6.39. The molecule has 2 fully saturated rings. The number of likely N-dealkylation sites (tertiary alicyclic amines) is 1. The van der Waals surface area contributed by atoms with Crippen LogP contribution in [0.3, 0.4) is 0 Å². The molecule has 2 rings (SSSR count). The van der Waals surface area contributed by atoms with Crippen LogP contribution >= 0.6 is 12.4 Å². The van der Waals surface area contributed by atoms with E-state index < -0.39 is 0 Å². The number of carbonyl (C=O) groups is 2. The normalized spacial score (nSPS) is 22.3. The van der Waals surface area contributed by atoms with Crippen LogP contribution in [-0.4, -0.2) is 49.4 Å². The lowest BCUT2D eigenvalue weighted by molar-refractivity contribution is -0.136. The van der Waals surface area contributed by atoms with Gasteiger partial charge in [0.15, 0.2) is 0 Å². The Morgan fingerprint density at radius 2 is 1.96 bits per heavy atom. The fraction of sp³-hybridized carbons (Fsp3) is 0.882. The third-order valence-electron chi connectivity index (χ3n) is 4.92. The Balaban J connectivity index is 0.00000264. The minimum Gasteiger partial charge on any atom is -0.356 e. The van der Waals surface area contributed by atoms with Crippen molar-refractivity contribution in [3.63, 3.8) is 0 Å². The van der Waals surface area contributed by atoms with Crippen LogP contribution < -0.4 is 10.6 Å². The fourth-order valence-corrected chi connectivity index (χ4v) is 3.47. The van der Waals surface area contributed by atoms with Crippen molar-refractivity contribution in [1.82, 2.24) is 15.5 Å². The Morgan fingerprint density at radius 1 is 1.22 bits per heavy atom. The van der Waals surface area contributed by atoms with Crippen LogP contribution in [0.25, 0.3) is 0 Å². The predicted octanol–water partition coefficient (Wildman–Crippen LogP) is 1.95. The van der Waals surface area contributed by atoms with E-state index in [0.717, 1.165) is 51.9 Å². The smallest absolute Gasteiger partial charge is 0.224 e. The Bertz CT molecular complexity index is 373. The van der Waals surface area contributed by atoms with Gasteiger partial charge in [-0.3, -0.25) is 9.59 Å². The summed E-state index contributed by atoms with van der Waals surface area (Å²) in [7, 11) is 0. The number of amides is 2. The summed E-state index contributed by atoms with van der Waals surface area (Å²) in [5, 5.41) is 6.32. The SMILES string of the molecule is CCCNC(=O)C1CCCN(C(=O)CCC2CCNCC2)C1.Cl. The molecule has 0 aliphatic carbocycles. The summed E-state index contributed by atoms with van der Waals surface area (Å²) < 4.78 is 0. The zero-order chi connectivity index (χ0) is 15.8. The first-order valence-electron chi connectivity index (χ1n) is 8.97. The second-order valence-electron chi connectivity index (χ2n) is 6.70. The lowest BCUT2D eigenvalue weighted by atomic mass is 9.92. The van der Waals surface area contributed by atoms with Gasteiger partial charge in [-0.2, -0.15) is 0 Å². The summed E-state index contributed by atoms with van der Waals surface area (Å²) in [6, 6.07) is 0. The first-order chi connectivity index (χ1) is 10.7. The van der Waals surface area contributed by atoms with E-state index in [1.54, 1.807) is 0 Å². The molecule has 0 aromatic rings. The van der Waals surface area contributed by atoms with Gasteiger partial charge in [0.2, 0.25) is 11.8 Å². The standard InChI is InChI=1S/C17H31N3O2.ClH/c1-2-9-19-17(22)15-4-3-12-20(13-15)16(21)6-5-14-7-10-18-11-8-14;/h14-15,18H,2-13H2,1H3,(H,19,22);1H. The second kappa shape index (κ2) is 10.9. The highest BCUT2D eigenvalue weighted by molar-refractivity contribution is 5.85. The van der Waals surface area contributed by atoms with E-state index in [2.05, 4.69) is 17.6 Å². The number of hydrogen-bond donors (Lipinski definition) is 2. The van der Waals surface area contributed by atoms with Crippen LogP contribution in [0, 0.1) is 11.8 Å². The average molecular weight is 346 g/mol. The van der Waals surface area contributed by atoms with Gasteiger partial charge in [0.1, 0.15) is 0 Å². The van der Waals surface area contributed by atoms with Gasteiger partial charge in [0.05, 0.1) is 5.92 Å². The van der Waals surface area contributed by atoms with Gasteiger partial charge in [-0.1, -0.05) is 6.92 Å². The molecule has 2 saturated heterocycles. The van der Waals surface area contributed by atoms with E-state index in [1.807, 2.05) is 4.90 Å². The number of nitrogens with zero attached hydrogens (tertiary/aromatic N) is 1. The number of piperidine rings is 2. The van der Waals surface area contributed by atoms with Crippen LogP contribution in [0.15, 0.2) is 0 Å². The second-order valence-corrected chi connectivity index (χ2v) is 6.70. The lowest BCUT2D eigenvalue weighted by Gasteiger charge is -2.32. The molecule has 1 atom stereocenters. The summed E-state index contributed by atoms with van der Waals surface area (Å²) >= 11 is 0. The molecule has 6 heteroatoms. The molecule has 5 nitrogen and oxygen atoms in total. The minimum atomic E-state index is -0.0110. The molecular weight excluding hydrogens is 314 g/mol. The van der Waals surface area contributed by atoms with Crippen molar-refractivity contribution in [2.45, 2.75) is 51.9 Å². The van der Waals surface area contributed by atoms with Gasteiger partial charge in [-0.15, -0.1) is 12.4 Å². The molecule has 2 aliphatic heterocycles. The largest absolute Gasteiger partial charge is 0.356 e. The summed E-state index contributed by atoms with van der Waals surface area (Å²) in [4.78, 5) is 26.4. The number of halogens is 1. The average Bonchev–Trinajstić information content (AvgIpc) is 2.58. The van der Waals surface area contributed by atoms with Crippen LogP contribution in [-0.2, 0) is 9.59 Å². The minimum absolute atomic E-state index is 0. The van der Waals surface area contributed by atoms with Crippen molar-refractivity contribution in [3.8, 4) is 0 Å². The van der Waals surface area contributed by atoms with Gasteiger partial charge in [-0.25, -0.2) is 0 Å². The van der Waals surface area contributed by atoms with E-state index >= 15 is 0 Å². The summed E-state index contributed by atoms with van der Waals surface area (Å²) in [6.07, 6.45) is 6.84. The molecular formula is C17H32ClN3O2. The van der Waals surface area contributed by atoms with E-state index in [9.17, 15) is 9.59 Å². The fourth-order valence-electron chi connectivity index (χ4n) is 3.47. The lowest BCUT2D eigenvalue weighted by Crippen LogP contribution is -2.45. The maximum Gasteiger partial charge on any atom is 0.224 e. The van der Waals surface area contributed by atoms with Crippen molar-refractivity contribution in [1.29, 1.82) is 0 Å². The number of carbonyl (C=O) groups excluding carboxylic acids is 2. The third kappa shape index (κ3) is 6.68. The third-order valence-corrected chi connectivity index (χ3v) is 4.92. The van der Waals surface area contributed by atoms with Crippen molar-refractivity contribution < 1.29 is 9.59 Å². The van der Waals surface area contributed by atoms with Crippen LogP contribution in [0.2, 0.25) is 0 Å². The Morgan fingerprint density at radius 3 is 2.65 bits per heavy atom. The van der Waals surface area contributed by atoms with Crippen LogP contribution in [0.5, 0.6) is 0 Å². The van der Waals surface area contributed by atoms with Gasteiger partial charge in [0.25, 0.3) is 0 Å². The van der Waals surface area contributed by atoms with Crippen molar-refractivity contribution in [2.24, 2.45) is 11.8 Å². The first-order valence-corrected chi connectivity index (χ1v) is 8.97. The van der Waals surface area contributed by atoms with Gasteiger partial charge < -0.3 is 15.5 Å². The topological polar surface area (TPSA) is 61.4 Å². The monoisotopic (exact) mass is 345 g/mol. The Labute approximate surface area is 146 Å². The summed E-state index contributed by atoms with van der Waals surface area (Å²) in [5.41, 5.74) is 0. The van der Waals surface area contributed by atoms with Crippen LogP contribution in [0.1, 0.15) is 51.9 Å². The Kier molecular flexibility index (Phi) is 9.56. The highest BCUT2D eigenvalue weighted by Gasteiger charge is 2.28. The van der Waals surface area contributed by atoms with E-state index in [0.29, 0.717) is 18.9 Å². The van der Waals surface area contributed by atoms with Gasteiger partial charge in [-0.05, 0) is 57.5 Å². The van der Waals surface area contributed by atoms with E-state index in [4.69, 9.17) is 0 Å². The maximum absolute atomic E-state index is 12.4. The summed E-state index contributed by atoms with van der Waals surface area (Å²) in [5.74, 6) is 1.05. The maximum atomic E-state index is 12.4. The predicted molar refractivity (Wildman–Crippen MR) is 94.7 cm³/mol.